The Morgan fingerprint density at radius 2 is 1.02 bits per heavy atom. The number of aliphatic hydroxyl groups excluding tert-OH is 2. The molecule has 3 unspecified atom stereocenters. The van der Waals surface area contributed by atoms with E-state index in [1.165, 1.54) is 103 Å². The van der Waals surface area contributed by atoms with Gasteiger partial charge in [-0.05, 0) is 70.6 Å². The van der Waals surface area contributed by atoms with Crippen LogP contribution < -0.4 is 0 Å². The third kappa shape index (κ3) is 42.0. The van der Waals surface area contributed by atoms with Gasteiger partial charge in [0.25, 0.3) is 0 Å². The second-order valence-electron chi connectivity index (χ2n) is 15.0. The Morgan fingerprint density at radius 3 is 1.55 bits per heavy atom. The summed E-state index contributed by atoms with van der Waals surface area (Å²) in [5, 5.41) is 18.4. The van der Waals surface area contributed by atoms with Gasteiger partial charge in [0.05, 0.1) is 26.4 Å². The number of aliphatic hydroxyl groups is 2. The van der Waals surface area contributed by atoms with Crippen LogP contribution in [0.2, 0.25) is 0 Å². The predicted octanol–water partition coefficient (Wildman–Crippen LogP) is 12.6. The zero-order valence-corrected chi connectivity index (χ0v) is 36.7. The van der Waals surface area contributed by atoms with Crippen molar-refractivity contribution in [3.05, 3.63) is 48.6 Å². The molecule has 0 aromatic rings. The highest BCUT2D eigenvalue weighted by atomic mass is 31.2. The molecular weight excluding hydrogens is 727 g/mol. The molecule has 0 radical (unpaired) electrons. The molecule has 0 aromatic carbocycles. The Hall–Kier alpha value is -1.58. The number of ether oxygens (including phenoxy) is 2. The fourth-order valence-electron chi connectivity index (χ4n) is 6.07. The molecule has 0 fully saturated rings. The van der Waals surface area contributed by atoms with Crippen LogP contribution in [0.3, 0.4) is 0 Å². The first-order chi connectivity index (χ1) is 27.3. The first-order valence-electron chi connectivity index (χ1n) is 22.6. The Labute approximate surface area is 343 Å². The molecule has 0 aliphatic rings. The van der Waals surface area contributed by atoms with Gasteiger partial charge in [0.15, 0.2) is 0 Å². The molecule has 0 aliphatic heterocycles. The van der Waals surface area contributed by atoms with Crippen LogP contribution in [-0.2, 0) is 27.9 Å². The summed E-state index contributed by atoms with van der Waals surface area (Å²) in [7, 11) is -4.52. The molecule has 0 spiro atoms. The van der Waals surface area contributed by atoms with Gasteiger partial charge in [-0.2, -0.15) is 0 Å². The molecule has 9 nitrogen and oxygen atoms in total. The van der Waals surface area contributed by atoms with E-state index in [9.17, 15) is 19.4 Å². The largest absolute Gasteiger partial charge is 0.472 e. The molecule has 0 rings (SSSR count). The Morgan fingerprint density at radius 1 is 0.571 bits per heavy atom. The molecule has 0 saturated carbocycles. The Balaban J connectivity index is 4.16. The number of hydrogen-bond acceptors (Lipinski definition) is 8. The summed E-state index contributed by atoms with van der Waals surface area (Å²) < 4.78 is 33.4. The predicted molar refractivity (Wildman–Crippen MR) is 233 cm³/mol. The zero-order chi connectivity index (χ0) is 41.1. The maximum Gasteiger partial charge on any atom is 0.472 e. The number of hydrogen-bond donors (Lipinski definition) is 3. The highest BCUT2D eigenvalue weighted by Gasteiger charge is 2.26. The summed E-state index contributed by atoms with van der Waals surface area (Å²) in [6, 6.07) is 0. The monoisotopic (exact) mass is 813 g/mol. The standard InChI is InChI=1S/C46H85O9P/c1-3-5-7-9-11-13-15-17-19-21-23-25-27-29-31-33-35-37-39-52-42-45(43-54-56(50,51)53-41-44(48)40-47)55-46(49)38-36-34-32-30-28-26-24-22-20-18-16-14-12-10-8-6-4-2/h6,8,12,14,17-20,44-45,47-48H,3-5,7,9-11,13,15-16,21-43H2,1-2H3,(H,50,51)/b8-6-,14-12-,19-17-,20-18-. The van der Waals surface area contributed by atoms with Crippen LogP contribution >= 0.6 is 7.82 Å². The normalized spacial score (nSPS) is 14.4. The molecule has 0 bridgehead atoms. The molecule has 56 heavy (non-hydrogen) atoms. The average Bonchev–Trinajstić information content (AvgIpc) is 3.19. The number of unbranched alkanes of at least 4 members (excludes halogenated alkanes) is 21. The van der Waals surface area contributed by atoms with Crippen molar-refractivity contribution in [2.75, 3.05) is 33.0 Å². The van der Waals surface area contributed by atoms with E-state index in [0.29, 0.717) is 6.61 Å². The van der Waals surface area contributed by atoms with Gasteiger partial charge in [-0.3, -0.25) is 13.8 Å². The molecule has 328 valence electrons. The summed E-state index contributed by atoms with van der Waals surface area (Å²) in [5.74, 6) is -0.394. The second kappa shape index (κ2) is 43.0. The first kappa shape index (κ1) is 54.4. The van der Waals surface area contributed by atoms with Gasteiger partial charge in [0, 0.05) is 13.0 Å². The minimum Gasteiger partial charge on any atom is -0.457 e. The lowest BCUT2D eigenvalue weighted by Gasteiger charge is -2.20. The van der Waals surface area contributed by atoms with Crippen molar-refractivity contribution in [3.8, 4) is 0 Å². The van der Waals surface area contributed by atoms with Gasteiger partial charge in [0.2, 0.25) is 0 Å². The van der Waals surface area contributed by atoms with E-state index in [2.05, 4.69) is 62.5 Å². The second-order valence-corrected chi connectivity index (χ2v) is 16.5. The van der Waals surface area contributed by atoms with Crippen LogP contribution in [0.25, 0.3) is 0 Å². The molecule has 0 saturated heterocycles. The van der Waals surface area contributed by atoms with Gasteiger partial charge in [0.1, 0.15) is 12.2 Å². The molecule has 0 aromatic heterocycles. The maximum absolute atomic E-state index is 12.6. The van der Waals surface area contributed by atoms with Crippen molar-refractivity contribution < 1.29 is 43.0 Å². The van der Waals surface area contributed by atoms with E-state index < -0.39 is 39.2 Å². The molecule has 3 N–H and O–H groups in total. The van der Waals surface area contributed by atoms with Crippen molar-refractivity contribution in [1.29, 1.82) is 0 Å². The smallest absolute Gasteiger partial charge is 0.457 e. The Bertz CT molecular complexity index is 1010. The lowest BCUT2D eigenvalue weighted by molar-refractivity contribution is -0.154. The van der Waals surface area contributed by atoms with Crippen LogP contribution in [-0.4, -0.2) is 66.3 Å². The van der Waals surface area contributed by atoms with Crippen molar-refractivity contribution in [1.82, 2.24) is 0 Å². The van der Waals surface area contributed by atoms with Crippen LogP contribution in [0.4, 0.5) is 0 Å². The first-order valence-corrected chi connectivity index (χ1v) is 24.1. The fourth-order valence-corrected chi connectivity index (χ4v) is 6.86. The molecular formula is C46H85O9P. The third-order valence-corrected chi connectivity index (χ3v) is 10.4. The van der Waals surface area contributed by atoms with Crippen LogP contribution in [0.1, 0.15) is 194 Å². The van der Waals surface area contributed by atoms with Crippen LogP contribution in [0.15, 0.2) is 48.6 Å². The van der Waals surface area contributed by atoms with Gasteiger partial charge in [-0.15, -0.1) is 0 Å². The summed E-state index contributed by atoms with van der Waals surface area (Å²) in [4.78, 5) is 22.6. The van der Waals surface area contributed by atoms with Gasteiger partial charge >= 0.3 is 13.8 Å². The number of carbonyl (C=O) groups is 1. The topological polar surface area (TPSA) is 132 Å². The number of phosphoric acid groups is 1. The van der Waals surface area contributed by atoms with Crippen molar-refractivity contribution in [2.24, 2.45) is 0 Å². The summed E-state index contributed by atoms with van der Waals surface area (Å²) in [6.45, 7) is 3.39. The zero-order valence-electron chi connectivity index (χ0n) is 35.8. The van der Waals surface area contributed by atoms with Gasteiger partial charge < -0.3 is 24.6 Å². The molecule has 3 atom stereocenters. The fraction of sp³-hybridized carbons (Fsp3) is 0.804. The highest BCUT2D eigenvalue weighted by molar-refractivity contribution is 7.47. The van der Waals surface area contributed by atoms with E-state index in [1.54, 1.807) is 0 Å². The highest BCUT2D eigenvalue weighted by Crippen LogP contribution is 2.43. The number of phosphoric ester groups is 1. The summed E-state index contributed by atoms with van der Waals surface area (Å²) >= 11 is 0. The summed E-state index contributed by atoms with van der Waals surface area (Å²) in [5.41, 5.74) is 0. The maximum atomic E-state index is 12.6. The SMILES string of the molecule is CC/C=C\C/C=C\C/C=C\CCCCCCCCCC(=O)OC(COCCCCCCCCCC/C=C\CCCCCCCC)COP(=O)(O)OCC(O)CO. The Kier molecular flexibility index (Phi) is 41.8. The van der Waals surface area contributed by atoms with Crippen LogP contribution in [0, 0.1) is 0 Å². The molecule has 0 heterocycles. The molecule has 0 aliphatic carbocycles. The molecule has 0 amide bonds. The quantitative estimate of drug-likeness (QED) is 0.0238. The average molecular weight is 813 g/mol. The van der Waals surface area contributed by atoms with Crippen molar-refractivity contribution >= 4 is 13.8 Å². The van der Waals surface area contributed by atoms with E-state index in [1.807, 2.05) is 0 Å². The lowest BCUT2D eigenvalue weighted by atomic mass is 10.1. The summed E-state index contributed by atoms with van der Waals surface area (Å²) in [6.07, 6.45) is 47.8. The lowest BCUT2D eigenvalue weighted by Crippen LogP contribution is -2.29. The van der Waals surface area contributed by atoms with E-state index in [0.717, 1.165) is 70.6 Å². The number of rotatable bonds is 43. The van der Waals surface area contributed by atoms with Gasteiger partial charge in [-0.1, -0.05) is 165 Å². The number of carbonyl (C=O) groups excluding carboxylic acids is 1. The van der Waals surface area contributed by atoms with E-state index in [4.69, 9.17) is 23.6 Å². The van der Waals surface area contributed by atoms with Crippen molar-refractivity contribution in [2.45, 2.75) is 206 Å². The van der Waals surface area contributed by atoms with Crippen LogP contribution in [0.5, 0.6) is 0 Å². The molecule has 10 heteroatoms. The number of allylic oxidation sites excluding steroid dienone is 8. The minimum atomic E-state index is -4.52. The number of esters is 1. The third-order valence-electron chi connectivity index (χ3n) is 9.50. The van der Waals surface area contributed by atoms with Gasteiger partial charge in [-0.25, -0.2) is 4.57 Å². The minimum absolute atomic E-state index is 0.0426. The van der Waals surface area contributed by atoms with E-state index in [-0.39, 0.29) is 19.6 Å². The van der Waals surface area contributed by atoms with E-state index >= 15 is 0 Å². The van der Waals surface area contributed by atoms with Crippen molar-refractivity contribution in [3.63, 3.8) is 0 Å².